The SMILES string of the molecule is CCC(C)n1c(Cl)nc2c(-c3cccc(O)c3)nc(N3CCOCC3)nc21. The molecule has 8 heteroatoms. The second kappa shape index (κ2) is 7.32. The van der Waals surface area contributed by atoms with Crippen LogP contribution in [-0.4, -0.2) is 50.9 Å². The Morgan fingerprint density at radius 3 is 2.70 bits per heavy atom. The number of aromatic nitrogens is 4. The first-order valence-electron chi connectivity index (χ1n) is 9.16. The predicted molar refractivity (Wildman–Crippen MR) is 105 cm³/mol. The summed E-state index contributed by atoms with van der Waals surface area (Å²) in [6, 6.07) is 7.17. The lowest BCUT2D eigenvalue weighted by Gasteiger charge is -2.27. The van der Waals surface area contributed by atoms with Gasteiger partial charge >= 0.3 is 0 Å². The van der Waals surface area contributed by atoms with E-state index in [9.17, 15) is 5.11 Å². The van der Waals surface area contributed by atoms with E-state index in [1.165, 1.54) is 0 Å². The van der Waals surface area contributed by atoms with Gasteiger partial charge in [-0.25, -0.2) is 9.97 Å². The van der Waals surface area contributed by atoms with Gasteiger partial charge in [-0.3, -0.25) is 4.57 Å². The molecule has 4 rings (SSSR count). The van der Waals surface area contributed by atoms with Crippen LogP contribution < -0.4 is 4.90 Å². The van der Waals surface area contributed by atoms with E-state index in [2.05, 4.69) is 23.7 Å². The van der Waals surface area contributed by atoms with Crippen molar-refractivity contribution in [2.75, 3.05) is 31.2 Å². The molecule has 1 atom stereocenters. The van der Waals surface area contributed by atoms with Gasteiger partial charge in [-0.15, -0.1) is 0 Å². The fraction of sp³-hybridized carbons (Fsp3) is 0.421. The zero-order chi connectivity index (χ0) is 19.0. The zero-order valence-corrected chi connectivity index (χ0v) is 16.1. The summed E-state index contributed by atoms with van der Waals surface area (Å²) >= 11 is 6.47. The lowest BCUT2D eigenvalue weighted by atomic mass is 10.1. The molecule has 0 spiro atoms. The number of nitrogens with zero attached hydrogens (tertiary/aromatic N) is 5. The molecule has 0 bridgehead atoms. The van der Waals surface area contributed by atoms with Gasteiger partial charge in [-0.2, -0.15) is 4.98 Å². The Morgan fingerprint density at radius 2 is 2.00 bits per heavy atom. The van der Waals surface area contributed by atoms with Gasteiger partial charge in [0.25, 0.3) is 0 Å². The van der Waals surface area contributed by atoms with Gasteiger partial charge in [0.2, 0.25) is 11.2 Å². The van der Waals surface area contributed by atoms with Crippen molar-refractivity contribution in [3.8, 4) is 17.0 Å². The first-order chi connectivity index (χ1) is 13.1. The van der Waals surface area contributed by atoms with Gasteiger partial charge < -0.3 is 14.7 Å². The van der Waals surface area contributed by atoms with Crippen molar-refractivity contribution in [1.82, 2.24) is 19.5 Å². The molecule has 1 unspecified atom stereocenters. The normalized spacial score (nSPS) is 16.0. The molecule has 0 saturated carbocycles. The van der Waals surface area contributed by atoms with Crippen LogP contribution in [0.4, 0.5) is 5.95 Å². The number of aromatic hydroxyl groups is 1. The molecule has 3 heterocycles. The molecule has 1 aliphatic heterocycles. The molecule has 1 fully saturated rings. The Hall–Kier alpha value is -2.38. The number of hydrogen-bond acceptors (Lipinski definition) is 6. The zero-order valence-electron chi connectivity index (χ0n) is 15.4. The number of benzene rings is 1. The van der Waals surface area contributed by atoms with Crippen LogP contribution in [0.3, 0.4) is 0 Å². The largest absolute Gasteiger partial charge is 0.508 e. The molecule has 7 nitrogen and oxygen atoms in total. The second-order valence-electron chi connectivity index (χ2n) is 6.70. The third kappa shape index (κ3) is 3.33. The first-order valence-corrected chi connectivity index (χ1v) is 9.54. The molecular formula is C19H22ClN5O2. The highest BCUT2D eigenvalue weighted by Crippen LogP contribution is 2.33. The maximum absolute atomic E-state index is 9.93. The van der Waals surface area contributed by atoms with Gasteiger partial charge in [-0.05, 0) is 37.1 Å². The molecule has 27 heavy (non-hydrogen) atoms. The van der Waals surface area contributed by atoms with E-state index < -0.39 is 0 Å². The summed E-state index contributed by atoms with van der Waals surface area (Å²) in [5, 5.41) is 10.3. The summed E-state index contributed by atoms with van der Waals surface area (Å²) in [4.78, 5) is 16.3. The van der Waals surface area contributed by atoms with Crippen molar-refractivity contribution in [2.45, 2.75) is 26.3 Å². The average molecular weight is 388 g/mol. The average Bonchev–Trinajstić information content (AvgIpc) is 3.03. The van der Waals surface area contributed by atoms with Crippen LogP contribution in [0.1, 0.15) is 26.3 Å². The van der Waals surface area contributed by atoms with Crippen LogP contribution in [0.25, 0.3) is 22.4 Å². The summed E-state index contributed by atoms with van der Waals surface area (Å²) < 4.78 is 7.41. The third-order valence-electron chi connectivity index (χ3n) is 4.93. The van der Waals surface area contributed by atoms with Crippen molar-refractivity contribution in [3.05, 3.63) is 29.5 Å². The Morgan fingerprint density at radius 1 is 1.22 bits per heavy atom. The summed E-state index contributed by atoms with van der Waals surface area (Å²) in [6.07, 6.45) is 0.906. The highest BCUT2D eigenvalue weighted by Gasteiger charge is 2.23. The minimum Gasteiger partial charge on any atom is -0.508 e. The van der Waals surface area contributed by atoms with Gasteiger partial charge in [-0.1, -0.05) is 19.1 Å². The van der Waals surface area contributed by atoms with Crippen molar-refractivity contribution in [3.63, 3.8) is 0 Å². The molecule has 0 aliphatic carbocycles. The fourth-order valence-corrected chi connectivity index (χ4v) is 3.60. The van der Waals surface area contributed by atoms with Crippen molar-refractivity contribution in [1.29, 1.82) is 0 Å². The monoisotopic (exact) mass is 387 g/mol. The minimum absolute atomic E-state index is 0.159. The molecule has 3 aromatic rings. The van der Waals surface area contributed by atoms with E-state index in [0.29, 0.717) is 41.3 Å². The summed E-state index contributed by atoms with van der Waals surface area (Å²) in [5.74, 6) is 0.810. The summed E-state index contributed by atoms with van der Waals surface area (Å²) in [7, 11) is 0. The highest BCUT2D eigenvalue weighted by atomic mass is 35.5. The van der Waals surface area contributed by atoms with E-state index in [0.717, 1.165) is 25.1 Å². The van der Waals surface area contributed by atoms with E-state index in [1.807, 2.05) is 10.6 Å². The van der Waals surface area contributed by atoms with Crippen LogP contribution in [0.2, 0.25) is 5.28 Å². The number of hydrogen-bond donors (Lipinski definition) is 1. The third-order valence-corrected chi connectivity index (χ3v) is 5.20. The number of imidazole rings is 1. The summed E-state index contributed by atoms with van der Waals surface area (Å²) in [6.45, 7) is 6.96. The number of morpholine rings is 1. The van der Waals surface area contributed by atoms with Gasteiger partial charge in [0.05, 0.1) is 13.2 Å². The van der Waals surface area contributed by atoms with Gasteiger partial charge in [0.15, 0.2) is 5.65 Å². The van der Waals surface area contributed by atoms with Crippen molar-refractivity contribution in [2.24, 2.45) is 0 Å². The lowest BCUT2D eigenvalue weighted by molar-refractivity contribution is 0.122. The van der Waals surface area contributed by atoms with Gasteiger partial charge in [0, 0.05) is 24.7 Å². The quantitative estimate of drug-likeness (QED) is 0.688. The van der Waals surface area contributed by atoms with Crippen molar-refractivity contribution < 1.29 is 9.84 Å². The Kier molecular flexibility index (Phi) is 4.88. The van der Waals surface area contributed by atoms with Crippen LogP contribution in [0, 0.1) is 0 Å². The van der Waals surface area contributed by atoms with E-state index in [1.54, 1.807) is 18.2 Å². The Bertz CT molecular complexity index is 968. The maximum Gasteiger partial charge on any atom is 0.228 e. The highest BCUT2D eigenvalue weighted by molar-refractivity contribution is 6.29. The Labute approximate surface area is 162 Å². The smallest absolute Gasteiger partial charge is 0.228 e. The predicted octanol–water partition coefficient (Wildman–Crippen LogP) is 3.66. The molecule has 1 aromatic carbocycles. The maximum atomic E-state index is 9.93. The Balaban J connectivity index is 1.96. The number of anilines is 1. The number of fused-ring (bicyclic) bond motifs is 1. The second-order valence-corrected chi connectivity index (χ2v) is 7.04. The van der Waals surface area contributed by atoms with Crippen LogP contribution >= 0.6 is 11.6 Å². The molecule has 1 saturated heterocycles. The van der Waals surface area contributed by atoms with E-state index in [-0.39, 0.29) is 11.8 Å². The molecule has 1 aliphatic rings. The van der Waals surface area contributed by atoms with Gasteiger partial charge in [0.1, 0.15) is 17.0 Å². The molecule has 2 aromatic heterocycles. The topological polar surface area (TPSA) is 76.3 Å². The summed E-state index contributed by atoms with van der Waals surface area (Å²) in [5.41, 5.74) is 2.80. The molecule has 142 valence electrons. The van der Waals surface area contributed by atoms with E-state index >= 15 is 0 Å². The van der Waals surface area contributed by atoms with Crippen LogP contribution in [-0.2, 0) is 4.74 Å². The fourth-order valence-electron chi connectivity index (χ4n) is 3.27. The number of phenolic OH excluding ortho intramolecular Hbond substituents is 1. The molecular weight excluding hydrogens is 366 g/mol. The van der Waals surface area contributed by atoms with E-state index in [4.69, 9.17) is 26.3 Å². The molecule has 0 radical (unpaired) electrons. The van der Waals surface area contributed by atoms with Crippen molar-refractivity contribution >= 4 is 28.7 Å². The standard InChI is InChI=1S/C19H22ClN5O2/c1-3-12(2)25-17-16(21-18(25)20)15(13-5-4-6-14(26)11-13)22-19(23-17)24-7-9-27-10-8-24/h4-6,11-12,26H,3,7-10H2,1-2H3. The number of halogens is 1. The lowest BCUT2D eigenvalue weighted by Crippen LogP contribution is -2.37. The number of rotatable bonds is 4. The number of phenols is 1. The minimum atomic E-state index is 0.159. The van der Waals surface area contributed by atoms with Crippen LogP contribution in [0.5, 0.6) is 5.75 Å². The first kappa shape index (κ1) is 18.0. The number of ether oxygens (including phenoxy) is 1. The van der Waals surface area contributed by atoms with Crippen LogP contribution in [0.15, 0.2) is 24.3 Å². The molecule has 1 N–H and O–H groups in total. The molecule has 0 amide bonds.